The van der Waals surface area contributed by atoms with Crippen LogP contribution in [0.1, 0.15) is 18.7 Å². The van der Waals surface area contributed by atoms with Gasteiger partial charge in [-0.25, -0.2) is 4.98 Å². The van der Waals surface area contributed by atoms with Crippen LogP contribution >= 0.6 is 11.6 Å². The van der Waals surface area contributed by atoms with Crippen molar-refractivity contribution in [2.24, 2.45) is 0 Å². The van der Waals surface area contributed by atoms with Gasteiger partial charge in [-0.2, -0.15) is 4.98 Å². The van der Waals surface area contributed by atoms with Crippen LogP contribution in [-0.4, -0.2) is 41.2 Å². The molecule has 0 atom stereocenters. The second kappa shape index (κ2) is 7.45. The summed E-state index contributed by atoms with van der Waals surface area (Å²) in [7, 11) is 3.34. The number of hydrogen-bond donors (Lipinski definition) is 0. The van der Waals surface area contributed by atoms with E-state index in [4.69, 9.17) is 21.1 Å². The summed E-state index contributed by atoms with van der Waals surface area (Å²) >= 11 is 5.86. The van der Waals surface area contributed by atoms with Gasteiger partial charge < -0.3 is 14.0 Å². The number of imidazole rings is 1. The first-order valence-corrected chi connectivity index (χ1v) is 7.28. The number of halogens is 1. The molecule has 20 heavy (non-hydrogen) atoms. The molecule has 2 rings (SSSR count). The number of methoxy groups -OCH3 is 2. The van der Waals surface area contributed by atoms with Crippen LogP contribution in [0, 0.1) is 0 Å². The Balaban J connectivity index is 2.28. The minimum atomic E-state index is 0.554. The number of hydrogen-bond acceptors (Lipinski definition) is 4. The highest BCUT2D eigenvalue weighted by atomic mass is 35.5. The molecule has 0 saturated heterocycles. The minimum Gasteiger partial charge on any atom is -0.481 e. The molecule has 2 aromatic rings. The SMILES string of the molecule is COCCCCn1c(CCCl)nc2ccc(OC)nc21. The summed E-state index contributed by atoms with van der Waals surface area (Å²) in [6.45, 7) is 1.64. The zero-order valence-corrected chi connectivity index (χ0v) is 12.7. The summed E-state index contributed by atoms with van der Waals surface area (Å²) in [5.41, 5.74) is 1.75. The molecule has 0 aliphatic heterocycles. The van der Waals surface area contributed by atoms with Gasteiger partial charge in [-0.05, 0) is 18.9 Å². The van der Waals surface area contributed by atoms with Crippen LogP contribution in [0.5, 0.6) is 5.88 Å². The monoisotopic (exact) mass is 297 g/mol. The molecule has 2 aromatic heterocycles. The smallest absolute Gasteiger partial charge is 0.215 e. The third-order valence-electron chi connectivity index (χ3n) is 3.15. The molecule has 6 heteroatoms. The van der Waals surface area contributed by atoms with Gasteiger partial charge in [0.25, 0.3) is 0 Å². The van der Waals surface area contributed by atoms with Gasteiger partial charge in [-0.15, -0.1) is 11.6 Å². The highest BCUT2D eigenvalue weighted by Crippen LogP contribution is 2.19. The molecule has 110 valence electrons. The lowest BCUT2D eigenvalue weighted by atomic mass is 10.3. The van der Waals surface area contributed by atoms with Crippen molar-refractivity contribution in [1.82, 2.24) is 14.5 Å². The number of rotatable bonds is 8. The fourth-order valence-electron chi connectivity index (χ4n) is 2.17. The standard InChI is InChI=1S/C14H20ClN3O2/c1-19-10-4-3-9-18-12(7-8-15)16-11-5-6-13(20-2)17-14(11)18/h5-6H,3-4,7-10H2,1-2H3. The van der Waals surface area contributed by atoms with Gasteiger partial charge in [0.2, 0.25) is 5.88 Å². The van der Waals surface area contributed by atoms with Crippen LogP contribution in [0.4, 0.5) is 0 Å². The number of alkyl halides is 1. The van der Waals surface area contributed by atoms with Crippen molar-refractivity contribution in [2.45, 2.75) is 25.8 Å². The Kier molecular flexibility index (Phi) is 5.61. The third kappa shape index (κ3) is 3.41. The topological polar surface area (TPSA) is 49.2 Å². The van der Waals surface area contributed by atoms with Crippen molar-refractivity contribution >= 4 is 22.8 Å². The van der Waals surface area contributed by atoms with E-state index in [0.29, 0.717) is 11.8 Å². The van der Waals surface area contributed by atoms with Crippen molar-refractivity contribution in [1.29, 1.82) is 0 Å². The molecule has 0 fully saturated rings. The van der Waals surface area contributed by atoms with E-state index < -0.39 is 0 Å². The second-order valence-corrected chi connectivity index (χ2v) is 4.89. The van der Waals surface area contributed by atoms with Crippen LogP contribution in [0.25, 0.3) is 11.2 Å². The molecule has 0 radical (unpaired) electrons. The van der Waals surface area contributed by atoms with E-state index in [1.54, 1.807) is 14.2 Å². The molecular weight excluding hydrogens is 278 g/mol. The maximum Gasteiger partial charge on any atom is 0.215 e. The Morgan fingerprint density at radius 2 is 2.05 bits per heavy atom. The zero-order chi connectivity index (χ0) is 14.4. The highest BCUT2D eigenvalue weighted by Gasteiger charge is 2.12. The van der Waals surface area contributed by atoms with E-state index in [2.05, 4.69) is 14.5 Å². The van der Waals surface area contributed by atoms with Crippen LogP contribution in [0.2, 0.25) is 0 Å². The fourth-order valence-corrected chi connectivity index (χ4v) is 2.34. The fraction of sp³-hybridized carbons (Fsp3) is 0.571. The van der Waals surface area contributed by atoms with Crippen LogP contribution in [0.15, 0.2) is 12.1 Å². The predicted octanol–water partition coefficient (Wildman–Crippen LogP) is 2.65. The Morgan fingerprint density at radius 1 is 1.20 bits per heavy atom. The summed E-state index contributed by atoms with van der Waals surface area (Å²) in [6, 6.07) is 3.76. The van der Waals surface area contributed by atoms with Gasteiger partial charge in [-0.1, -0.05) is 0 Å². The van der Waals surface area contributed by atoms with Gasteiger partial charge in [-0.3, -0.25) is 0 Å². The molecule has 0 spiro atoms. The molecular formula is C14H20ClN3O2. The number of aryl methyl sites for hydroxylation is 2. The number of pyridine rings is 1. The average Bonchev–Trinajstić information content (AvgIpc) is 2.81. The predicted molar refractivity (Wildman–Crippen MR) is 79.6 cm³/mol. The molecule has 0 aliphatic carbocycles. The first-order chi connectivity index (χ1) is 9.80. The number of ether oxygens (including phenoxy) is 2. The van der Waals surface area contributed by atoms with Crippen molar-refractivity contribution in [3.8, 4) is 5.88 Å². The first kappa shape index (κ1) is 15.1. The lowest BCUT2D eigenvalue weighted by Crippen LogP contribution is -2.06. The van der Waals surface area contributed by atoms with Gasteiger partial charge in [0.15, 0.2) is 5.65 Å². The molecule has 0 N–H and O–H groups in total. The highest BCUT2D eigenvalue weighted by molar-refractivity contribution is 6.17. The van der Waals surface area contributed by atoms with Gasteiger partial charge in [0.1, 0.15) is 11.3 Å². The van der Waals surface area contributed by atoms with Crippen molar-refractivity contribution < 1.29 is 9.47 Å². The summed E-state index contributed by atoms with van der Waals surface area (Å²) in [4.78, 5) is 9.11. The van der Waals surface area contributed by atoms with Crippen molar-refractivity contribution in [3.63, 3.8) is 0 Å². The quantitative estimate of drug-likeness (QED) is 0.555. The largest absolute Gasteiger partial charge is 0.481 e. The summed E-state index contributed by atoms with van der Waals surface area (Å²) in [5, 5.41) is 0. The molecule has 2 heterocycles. The Morgan fingerprint density at radius 3 is 2.75 bits per heavy atom. The van der Waals surface area contributed by atoms with E-state index in [-0.39, 0.29) is 0 Å². The third-order valence-corrected chi connectivity index (χ3v) is 3.34. The van der Waals surface area contributed by atoms with E-state index in [9.17, 15) is 0 Å². The molecule has 0 unspecified atom stereocenters. The zero-order valence-electron chi connectivity index (χ0n) is 11.9. The van der Waals surface area contributed by atoms with E-state index in [0.717, 1.165) is 49.4 Å². The lowest BCUT2D eigenvalue weighted by molar-refractivity contribution is 0.191. The molecule has 0 saturated carbocycles. The minimum absolute atomic E-state index is 0.554. The van der Waals surface area contributed by atoms with E-state index in [1.807, 2.05) is 12.1 Å². The maximum atomic E-state index is 5.86. The summed E-state index contributed by atoms with van der Waals surface area (Å²) in [6.07, 6.45) is 2.78. The van der Waals surface area contributed by atoms with Crippen molar-refractivity contribution in [3.05, 3.63) is 18.0 Å². The summed E-state index contributed by atoms with van der Waals surface area (Å²) < 4.78 is 12.4. The van der Waals surface area contributed by atoms with Crippen LogP contribution in [0.3, 0.4) is 0 Å². The normalized spacial score (nSPS) is 11.2. The Hall–Kier alpha value is -1.33. The Bertz CT molecular complexity index is 557. The molecule has 5 nitrogen and oxygen atoms in total. The lowest BCUT2D eigenvalue weighted by Gasteiger charge is -2.08. The van der Waals surface area contributed by atoms with Gasteiger partial charge in [0.05, 0.1) is 7.11 Å². The number of nitrogens with zero attached hydrogens (tertiary/aromatic N) is 3. The average molecular weight is 298 g/mol. The maximum absolute atomic E-state index is 5.86. The van der Waals surface area contributed by atoms with Crippen LogP contribution in [-0.2, 0) is 17.7 Å². The second-order valence-electron chi connectivity index (χ2n) is 4.51. The van der Waals surface area contributed by atoms with Crippen molar-refractivity contribution in [2.75, 3.05) is 26.7 Å². The van der Waals surface area contributed by atoms with Gasteiger partial charge in [0, 0.05) is 38.6 Å². The Labute approximate surface area is 123 Å². The molecule has 0 aliphatic rings. The molecule has 0 amide bonds. The number of unbranched alkanes of at least 4 members (excludes halogenated alkanes) is 1. The number of aromatic nitrogens is 3. The van der Waals surface area contributed by atoms with Crippen LogP contribution < -0.4 is 4.74 Å². The van der Waals surface area contributed by atoms with Gasteiger partial charge >= 0.3 is 0 Å². The van der Waals surface area contributed by atoms with E-state index >= 15 is 0 Å². The molecule has 0 aromatic carbocycles. The summed E-state index contributed by atoms with van der Waals surface area (Å²) in [5.74, 6) is 2.14. The first-order valence-electron chi connectivity index (χ1n) is 6.75. The number of fused-ring (bicyclic) bond motifs is 1. The van der Waals surface area contributed by atoms with E-state index in [1.165, 1.54) is 0 Å². The molecule has 0 bridgehead atoms.